The molecular formula is C26H25F3N4O4. The van der Waals surface area contributed by atoms with Gasteiger partial charge in [-0.05, 0) is 69.7 Å². The van der Waals surface area contributed by atoms with Crippen LogP contribution in [-0.2, 0) is 6.54 Å². The normalized spacial score (nSPS) is 17.4. The van der Waals surface area contributed by atoms with Crippen molar-refractivity contribution in [3.63, 3.8) is 0 Å². The summed E-state index contributed by atoms with van der Waals surface area (Å²) in [6, 6.07) is 6.59. The first kappa shape index (κ1) is 24.7. The lowest BCUT2D eigenvalue weighted by Crippen LogP contribution is -2.49. The lowest BCUT2D eigenvalue weighted by Gasteiger charge is -2.39. The second kappa shape index (κ2) is 8.53. The van der Waals surface area contributed by atoms with Gasteiger partial charge in [-0.3, -0.25) is 9.59 Å². The Labute approximate surface area is 210 Å². The molecule has 1 aromatic carbocycles. The first-order valence-corrected chi connectivity index (χ1v) is 11.7. The number of fused-ring (bicyclic) bond motifs is 2. The number of carbonyl (C=O) groups excluding carboxylic acids is 1. The van der Waals surface area contributed by atoms with Crippen LogP contribution in [0.15, 0.2) is 53.7 Å². The van der Waals surface area contributed by atoms with E-state index in [1.165, 1.54) is 22.8 Å². The second-order valence-electron chi connectivity index (χ2n) is 9.67. The Morgan fingerprint density at radius 1 is 1.14 bits per heavy atom. The van der Waals surface area contributed by atoms with E-state index in [1.807, 2.05) is 27.7 Å². The molecule has 0 aliphatic carbocycles. The average molecular weight is 515 g/mol. The highest BCUT2D eigenvalue weighted by Crippen LogP contribution is 2.41. The van der Waals surface area contributed by atoms with Crippen LogP contribution in [0, 0.1) is 6.92 Å². The zero-order valence-electron chi connectivity index (χ0n) is 20.7. The van der Waals surface area contributed by atoms with Crippen LogP contribution in [0.3, 0.4) is 0 Å². The summed E-state index contributed by atoms with van der Waals surface area (Å²) in [7, 11) is 0. The van der Waals surface area contributed by atoms with E-state index in [0.29, 0.717) is 22.6 Å². The smallest absolute Gasteiger partial charge is 0.483 e. The Morgan fingerprint density at radius 2 is 1.89 bits per heavy atom. The van der Waals surface area contributed by atoms with Gasteiger partial charge in [-0.2, -0.15) is 0 Å². The molecule has 1 amide bonds. The van der Waals surface area contributed by atoms with E-state index in [1.54, 1.807) is 40.2 Å². The van der Waals surface area contributed by atoms with Gasteiger partial charge in [-0.1, -0.05) is 0 Å². The molecule has 0 bridgehead atoms. The Balaban J connectivity index is 1.49. The summed E-state index contributed by atoms with van der Waals surface area (Å²) in [5.74, 6) is -0.333. The fourth-order valence-electron chi connectivity index (χ4n) is 4.85. The number of hydrogen-bond donors (Lipinski definition) is 0. The molecular weight excluding hydrogens is 489 g/mol. The predicted octanol–water partition coefficient (Wildman–Crippen LogP) is 4.34. The number of halogens is 3. The Hall–Kier alpha value is -4.02. The summed E-state index contributed by atoms with van der Waals surface area (Å²) in [5, 5.41) is 0. The average Bonchev–Trinajstić information content (AvgIpc) is 3.23. The Morgan fingerprint density at radius 3 is 2.57 bits per heavy atom. The van der Waals surface area contributed by atoms with Crippen molar-refractivity contribution in [1.82, 2.24) is 19.0 Å². The van der Waals surface area contributed by atoms with Gasteiger partial charge in [-0.15, -0.1) is 13.2 Å². The van der Waals surface area contributed by atoms with Crippen molar-refractivity contribution >= 4 is 11.5 Å². The third-order valence-electron chi connectivity index (χ3n) is 6.48. The molecule has 5 rings (SSSR count). The molecule has 0 saturated carbocycles. The fraction of sp³-hybridized carbons (Fsp3) is 0.346. The molecule has 37 heavy (non-hydrogen) atoms. The minimum Gasteiger partial charge on any atom is -0.483 e. The highest BCUT2D eigenvalue weighted by Gasteiger charge is 2.37. The number of aromatic nitrogens is 3. The maximum Gasteiger partial charge on any atom is 0.573 e. The van der Waals surface area contributed by atoms with Crippen molar-refractivity contribution < 1.29 is 27.4 Å². The van der Waals surface area contributed by atoms with E-state index in [0.717, 1.165) is 5.69 Å². The zero-order chi connectivity index (χ0) is 26.7. The van der Waals surface area contributed by atoms with Gasteiger partial charge in [-0.25, -0.2) is 4.98 Å². The van der Waals surface area contributed by atoms with Gasteiger partial charge in [0.05, 0.1) is 18.1 Å². The van der Waals surface area contributed by atoms with E-state index < -0.39 is 18.0 Å². The van der Waals surface area contributed by atoms with Crippen LogP contribution in [0.4, 0.5) is 13.2 Å². The van der Waals surface area contributed by atoms with Gasteiger partial charge in [0.15, 0.2) is 0 Å². The molecule has 0 radical (unpaired) electrons. The van der Waals surface area contributed by atoms with Gasteiger partial charge >= 0.3 is 6.36 Å². The summed E-state index contributed by atoms with van der Waals surface area (Å²) in [6.07, 6.45) is 0.241. The van der Waals surface area contributed by atoms with Crippen LogP contribution in [0.2, 0.25) is 0 Å². The minimum absolute atomic E-state index is 0.241. The quantitative estimate of drug-likeness (QED) is 0.518. The molecule has 0 saturated heterocycles. The van der Waals surface area contributed by atoms with Crippen molar-refractivity contribution in [2.75, 3.05) is 6.54 Å². The van der Waals surface area contributed by atoms with Crippen LogP contribution in [-0.4, -0.2) is 49.5 Å². The molecule has 11 heteroatoms. The Bertz CT molecular complexity index is 1490. The number of imidazole rings is 1. The molecule has 1 atom stereocenters. The largest absolute Gasteiger partial charge is 0.573 e. The van der Waals surface area contributed by atoms with Crippen LogP contribution in [0.1, 0.15) is 42.5 Å². The first-order valence-electron chi connectivity index (χ1n) is 11.7. The van der Waals surface area contributed by atoms with Crippen LogP contribution in [0.5, 0.6) is 11.5 Å². The molecule has 3 aromatic rings. The van der Waals surface area contributed by atoms with E-state index in [2.05, 4.69) is 9.72 Å². The van der Waals surface area contributed by atoms with Crippen molar-refractivity contribution in [3.05, 3.63) is 76.2 Å². The van der Waals surface area contributed by atoms with Gasteiger partial charge in [0.25, 0.3) is 11.5 Å². The minimum atomic E-state index is -4.84. The maximum atomic E-state index is 13.5. The lowest BCUT2D eigenvalue weighted by molar-refractivity contribution is -0.274. The highest BCUT2D eigenvalue weighted by molar-refractivity contribution is 5.95. The third kappa shape index (κ3) is 4.61. The molecule has 0 fully saturated rings. The number of aryl methyl sites for hydroxylation is 1. The molecule has 194 valence electrons. The van der Waals surface area contributed by atoms with Crippen LogP contribution < -0.4 is 15.0 Å². The fourth-order valence-corrected chi connectivity index (χ4v) is 4.85. The summed E-state index contributed by atoms with van der Waals surface area (Å²) < 4.78 is 51.7. The molecule has 0 spiro atoms. The summed E-state index contributed by atoms with van der Waals surface area (Å²) >= 11 is 0. The summed E-state index contributed by atoms with van der Waals surface area (Å²) in [4.78, 5) is 32.5. The van der Waals surface area contributed by atoms with Crippen molar-refractivity contribution in [1.29, 1.82) is 0 Å². The van der Waals surface area contributed by atoms with Crippen LogP contribution in [0.25, 0.3) is 11.3 Å². The number of amides is 1. The number of rotatable bonds is 4. The van der Waals surface area contributed by atoms with E-state index in [-0.39, 0.29) is 36.0 Å². The number of nitrogens with zero attached hydrogens (tertiary/aromatic N) is 4. The maximum absolute atomic E-state index is 13.5. The van der Waals surface area contributed by atoms with Gasteiger partial charge in [0.1, 0.15) is 28.5 Å². The third-order valence-corrected chi connectivity index (χ3v) is 6.48. The molecule has 0 unspecified atom stereocenters. The zero-order valence-corrected chi connectivity index (χ0v) is 20.7. The molecule has 8 nitrogen and oxygen atoms in total. The number of pyridine rings is 1. The highest BCUT2D eigenvalue weighted by atomic mass is 19.4. The predicted molar refractivity (Wildman–Crippen MR) is 129 cm³/mol. The SMILES string of the molecule is Cc1cn(-c2ccc3n(c2=O)CCN([C@H](C)C2=CC(C)(C)Oc4ccc(OC(F)(F)F)cc42)C3=O)cn1. The topological polar surface area (TPSA) is 78.6 Å². The standard InChI is InChI=1S/C26H25F3N4O4/c1-15-13-31(14-30-15)20-6-7-21-24(35)32(9-10-33(21)23(20)34)16(2)19-12-25(3,4)37-22-8-5-17(11-18(19)22)36-26(27,28)29/h5-8,11-14,16H,9-10H2,1-4H3/t16-/m1/s1. The van der Waals surface area contributed by atoms with E-state index in [9.17, 15) is 22.8 Å². The number of ether oxygens (including phenoxy) is 2. The number of carbonyl (C=O) groups is 1. The monoisotopic (exact) mass is 514 g/mol. The molecule has 4 heterocycles. The van der Waals surface area contributed by atoms with Crippen LogP contribution >= 0.6 is 0 Å². The van der Waals surface area contributed by atoms with E-state index in [4.69, 9.17) is 4.74 Å². The summed E-state index contributed by atoms with van der Waals surface area (Å²) in [5.41, 5.74) is 1.37. The van der Waals surface area contributed by atoms with Crippen molar-refractivity contribution in [3.8, 4) is 17.2 Å². The van der Waals surface area contributed by atoms with Gasteiger partial charge in [0, 0.05) is 24.8 Å². The number of benzene rings is 1. The van der Waals surface area contributed by atoms with E-state index >= 15 is 0 Å². The van der Waals surface area contributed by atoms with Gasteiger partial charge in [0.2, 0.25) is 0 Å². The second-order valence-corrected chi connectivity index (χ2v) is 9.67. The van der Waals surface area contributed by atoms with Crippen molar-refractivity contribution in [2.45, 2.75) is 52.2 Å². The summed E-state index contributed by atoms with van der Waals surface area (Å²) in [6.45, 7) is 7.79. The molecule has 2 aliphatic rings. The lowest BCUT2D eigenvalue weighted by atomic mass is 9.89. The van der Waals surface area contributed by atoms with Gasteiger partial charge < -0.3 is 23.5 Å². The number of alkyl halides is 3. The van der Waals surface area contributed by atoms with Crippen molar-refractivity contribution in [2.24, 2.45) is 0 Å². The Kier molecular flexibility index (Phi) is 5.69. The molecule has 2 aromatic heterocycles. The molecule has 0 N–H and O–H groups in total. The number of hydrogen-bond acceptors (Lipinski definition) is 5. The molecule has 2 aliphatic heterocycles. The first-order chi connectivity index (χ1) is 17.3.